The number of hydrogen-bond acceptors (Lipinski definition) is 2. The molecule has 1 aliphatic carbocycles. The summed E-state index contributed by atoms with van der Waals surface area (Å²) < 4.78 is 12.3. The maximum Gasteiger partial charge on any atom is 0.490 e. The SMILES string of the molecule is CC1(C)OB(C2=CCC(c3ccc(Cl)cc3)C2)OC1(C)C. The maximum atomic E-state index is 6.14. The molecule has 1 fully saturated rings. The van der Waals surface area contributed by atoms with Crippen molar-refractivity contribution in [2.45, 2.75) is 57.7 Å². The predicted molar refractivity (Wildman–Crippen MR) is 87.6 cm³/mol. The summed E-state index contributed by atoms with van der Waals surface area (Å²) in [4.78, 5) is 0. The fraction of sp³-hybridized carbons (Fsp3) is 0.529. The van der Waals surface area contributed by atoms with Gasteiger partial charge in [0.1, 0.15) is 0 Å². The van der Waals surface area contributed by atoms with E-state index >= 15 is 0 Å². The second-order valence-electron chi connectivity index (χ2n) is 7.06. The molecule has 2 aliphatic rings. The highest BCUT2D eigenvalue weighted by Gasteiger charge is 2.52. The van der Waals surface area contributed by atoms with Gasteiger partial charge in [0.05, 0.1) is 11.2 Å². The lowest BCUT2D eigenvalue weighted by molar-refractivity contribution is 0.00578. The molecule has 4 heteroatoms. The molecule has 112 valence electrons. The van der Waals surface area contributed by atoms with E-state index in [0.29, 0.717) is 5.92 Å². The number of rotatable bonds is 2. The van der Waals surface area contributed by atoms with E-state index in [0.717, 1.165) is 17.9 Å². The summed E-state index contributed by atoms with van der Waals surface area (Å²) in [7, 11) is -0.202. The predicted octanol–water partition coefficient (Wildman–Crippen LogP) is 4.78. The van der Waals surface area contributed by atoms with Crippen molar-refractivity contribution < 1.29 is 9.31 Å². The summed E-state index contributed by atoms with van der Waals surface area (Å²) in [5, 5.41) is 0.788. The van der Waals surface area contributed by atoms with Gasteiger partial charge >= 0.3 is 7.12 Å². The summed E-state index contributed by atoms with van der Waals surface area (Å²) in [6.07, 6.45) is 4.32. The van der Waals surface area contributed by atoms with Crippen LogP contribution < -0.4 is 0 Å². The lowest BCUT2D eigenvalue weighted by Crippen LogP contribution is -2.41. The van der Waals surface area contributed by atoms with Gasteiger partial charge in [0.15, 0.2) is 0 Å². The van der Waals surface area contributed by atoms with Crippen molar-refractivity contribution in [3.63, 3.8) is 0 Å². The van der Waals surface area contributed by atoms with E-state index in [-0.39, 0.29) is 18.3 Å². The molecule has 3 rings (SSSR count). The Bertz CT molecular complexity index is 547. The van der Waals surface area contributed by atoms with Gasteiger partial charge in [-0.2, -0.15) is 0 Å². The van der Waals surface area contributed by atoms with E-state index in [1.807, 2.05) is 12.1 Å². The van der Waals surface area contributed by atoms with Crippen LogP contribution in [0.25, 0.3) is 0 Å². The highest BCUT2D eigenvalue weighted by molar-refractivity contribution is 6.54. The van der Waals surface area contributed by atoms with Gasteiger partial charge in [-0.05, 0) is 69.6 Å². The lowest BCUT2D eigenvalue weighted by atomic mass is 9.76. The number of benzene rings is 1. The Morgan fingerprint density at radius 1 is 1.05 bits per heavy atom. The summed E-state index contributed by atoms with van der Waals surface area (Å²) >= 11 is 5.96. The Morgan fingerprint density at radius 3 is 2.19 bits per heavy atom. The van der Waals surface area contributed by atoms with Crippen molar-refractivity contribution in [1.29, 1.82) is 0 Å². The normalized spacial score (nSPS) is 27.0. The number of hydrogen-bond donors (Lipinski definition) is 0. The van der Waals surface area contributed by atoms with Crippen molar-refractivity contribution in [2.24, 2.45) is 0 Å². The van der Waals surface area contributed by atoms with Crippen LogP contribution in [-0.4, -0.2) is 18.3 Å². The molecule has 1 saturated heterocycles. The number of halogens is 1. The molecule has 0 bridgehead atoms. The zero-order valence-corrected chi connectivity index (χ0v) is 13.9. The monoisotopic (exact) mass is 304 g/mol. The second kappa shape index (κ2) is 5.15. The summed E-state index contributed by atoms with van der Waals surface area (Å²) in [6.45, 7) is 8.39. The van der Waals surface area contributed by atoms with Crippen molar-refractivity contribution in [1.82, 2.24) is 0 Å². The smallest absolute Gasteiger partial charge is 0.400 e. The average molecular weight is 305 g/mol. The molecule has 0 aromatic heterocycles. The summed E-state index contributed by atoms with van der Waals surface area (Å²) in [6, 6.07) is 8.16. The van der Waals surface area contributed by atoms with Crippen LogP contribution in [0.15, 0.2) is 35.8 Å². The van der Waals surface area contributed by atoms with Crippen LogP contribution in [0, 0.1) is 0 Å². The average Bonchev–Trinajstić information content (AvgIpc) is 2.94. The largest absolute Gasteiger partial charge is 0.490 e. The standard InChI is InChI=1S/C17H22BClO2/c1-16(2)17(3,4)21-18(20-16)14-8-5-13(11-14)12-6-9-15(19)10-7-12/h6-10,13H,5,11H2,1-4H3. The fourth-order valence-electron chi connectivity index (χ4n) is 2.92. The van der Waals surface area contributed by atoms with Crippen molar-refractivity contribution in [3.05, 3.63) is 46.4 Å². The van der Waals surface area contributed by atoms with Crippen molar-refractivity contribution in [2.75, 3.05) is 0 Å². The van der Waals surface area contributed by atoms with Gasteiger partial charge in [-0.3, -0.25) is 0 Å². The molecule has 0 saturated carbocycles. The zero-order valence-electron chi connectivity index (χ0n) is 13.2. The van der Waals surface area contributed by atoms with E-state index in [1.54, 1.807) is 0 Å². The molecule has 2 nitrogen and oxygen atoms in total. The zero-order chi connectivity index (χ0) is 15.3. The van der Waals surface area contributed by atoms with E-state index in [9.17, 15) is 0 Å². The van der Waals surface area contributed by atoms with Gasteiger partial charge in [0, 0.05) is 5.02 Å². The van der Waals surface area contributed by atoms with Crippen LogP contribution >= 0.6 is 11.6 Å². The first-order valence-corrected chi connectivity index (χ1v) is 7.96. The maximum absolute atomic E-state index is 6.14. The minimum absolute atomic E-state index is 0.202. The van der Waals surface area contributed by atoms with Gasteiger partial charge in [-0.15, -0.1) is 0 Å². The van der Waals surface area contributed by atoms with Crippen LogP contribution in [0.4, 0.5) is 0 Å². The first-order chi connectivity index (χ1) is 9.78. The van der Waals surface area contributed by atoms with Crippen LogP contribution in [0.5, 0.6) is 0 Å². The van der Waals surface area contributed by atoms with Crippen LogP contribution in [0.2, 0.25) is 5.02 Å². The topological polar surface area (TPSA) is 18.5 Å². The molecule has 1 unspecified atom stereocenters. The van der Waals surface area contributed by atoms with E-state index < -0.39 is 0 Å². The first-order valence-electron chi connectivity index (χ1n) is 7.58. The third kappa shape index (κ3) is 2.79. The van der Waals surface area contributed by atoms with Crippen molar-refractivity contribution >= 4 is 18.7 Å². The molecule has 1 atom stereocenters. The van der Waals surface area contributed by atoms with E-state index in [4.69, 9.17) is 20.9 Å². The Kier molecular flexibility index (Phi) is 3.71. The second-order valence-corrected chi connectivity index (χ2v) is 7.49. The molecule has 21 heavy (non-hydrogen) atoms. The Labute approximate surface area is 132 Å². The highest BCUT2D eigenvalue weighted by atomic mass is 35.5. The van der Waals surface area contributed by atoms with Crippen LogP contribution in [-0.2, 0) is 9.31 Å². The van der Waals surface area contributed by atoms with E-state index in [1.165, 1.54) is 11.0 Å². The van der Waals surface area contributed by atoms with Gasteiger partial charge in [-0.25, -0.2) is 0 Å². The minimum atomic E-state index is -0.267. The molecule has 1 aliphatic heterocycles. The third-order valence-electron chi connectivity index (χ3n) is 5.04. The van der Waals surface area contributed by atoms with Crippen LogP contribution in [0.1, 0.15) is 52.0 Å². The minimum Gasteiger partial charge on any atom is -0.400 e. The van der Waals surface area contributed by atoms with Crippen LogP contribution in [0.3, 0.4) is 0 Å². The van der Waals surface area contributed by atoms with E-state index in [2.05, 4.69) is 45.9 Å². The van der Waals surface area contributed by atoms with Crippen molar-refractivity contribution in [3.8, 4) is 0 Å². The van der Waals surface area contributed by atoms with Gasteiger partial charge in [0.2, 0.25) is 0 Å². The number of allylic oxidation sites excluding steroid dienone is 2. The first kappa shape index (κ1) is 15.1. The Hall–Kier alpha value is -0.765. The third-order valence-corrected chi connectivity index (χ3v) is 5.30. The lowest BCUT2D eigenvalue weighted by Gasteiger charge is -2.32. The quantitative estimate of drug-likeness (QED) is 0.732. The molecule has 1 aromatic carbocycles. The Morgan fingerprint density at radius 2 is 1.62 bits per heavy atom. The molecule has 1 heterocycles. The van der Waals surface area contributed by atoms with Gasteiger partial charge in [0.25, 0.3) is 0 Å². The fourth-order valence-corrected chi connectivity index (χ4v) is 3.05. The molecular formula is C17H22BClO2. The molecule has 0 radical (unpaired) electrons. The molecule has 0 N–H and O–H groups in total. The van der Waals surface area contributed by atoms with Gasteiger partial charge in [-0.1, -0.05) is 29.8 Å². The van der Waals surface area contributed by atoms with Gasteiger partial charge < -0.3 is 9.31 Å². The molecule has 0 spiro atoms. The Balaban J connectivity index is 1.69. The molecule has 0 amide bonds. The molecular weight excluding hydrogens is 282 g/mol. The molecule has 1 aromatic rings. The summed E-state index contributed by atoms with van der Waals surface area (Å²) in [5.41, 5.74) is 2.07. The summed E-state index contributed by atoms with van der Waals surface area (Å²) in [5.74, 6) is 0.510. The highest BCUT2D eigenvalue weighted by Crippen LogP contribution is 2.43.